The summed E-state index contributed by atoms with van der Waals surface area (Å²) < 4.78 is 0. The normalized spacial score (nSPS) is 10.0. The molecule has 10 heavy (non-hydrogen) atoms. The van der Waals surface area contributed by atoms with Crippen molar-refractivity contribution in [3.05, 3.63) is 24.7 Å². The van der Waals surface area contributed by atoms with E-state index in [0.29, 0.717) is 5.65 Å². The zero-order valence-electron chi connectivity index (χ0n) is 5.10. The molecule has 0 spiro atoms. The molecular weight excluding hydrogens is 128 g/mol. The van der Waals surface area contributed by atoms with Crippen LogP contribution in [0.5, 0.6) is 0 Å². The lowest BCUT2D eigenvalue weighted by atomic mass is 10.4. The molecule has 2 rings (SSSR count). The molecule has 0 aliphatic rings. The van der Waals surface area contributed by atoms with E-state index in [0.717, 1.165) is 5.52 Å². The van der Waals surface area contributed by atoms with Gasteiger partial charge in [-0.3, -0.25) is 0 Å². The van der Waals surface area contributed by atoms with Gasteiger partial charge in [-0.25, -0.2) is 9.97 Å². The molecule has 0 amide bonds. The van der Waals surface area contributed by atoms with Gasteiger partial charge in [0.2, 0.25) is 0 Å². The van der Waals surface area contributed by atoms with Gasteiger partial charge < -0.3 is 0 Å². The second-order valence-corrected chi connectivity index (χ2v) is 1.81. The first-order valence-corrected chi connectivity index (χ1v) is 2.85. The minimum atomic E-state index is 0.637. The average molecular weight is 132 g/mol. The number of hydrogen-bond donors (Lipinski definition) is 0. The lowest BCUT2D eigenvalue weighted by Crippen LogP contribution is -1.87. The number of pyridine rings is 1. The average Bonchev–Trinajstić information content (AvgIpc) is 2.05. The van der Waals surface area contributed by atoms with E-state index >= 15 is 0 Å². The molecule has 0 unspecified atom stereocenters. The van der Waals surface area contributed by atoms with Crippen LogP contribution in [-0.4, -0.2) is 20.2 Å². The summed E-state index contributed by atoms with van der Waals surface area (Å²) in [7, 11) is 0. The minimum absolute atomic E-state index is 0.637. The highest BCUT2D eigenvalue weighted by atomic mass is 15.1. The third-order valence-electron chi connectivity index (χ3n) is 1.16. The van der Waals surface area contributed by atoms with Gasteiger partial charge in [0.25, 0.3) is 0 Å². The van der Waals surface area contributed by atoms with Crippen LogP contribution < -0.4 is 0 Å². The quantitative estimate of drug-likeness (QED) is 0.521. The second kappa shape index (κ2) is 1.98. The van der Waals surface area contributed by atoms with E-state index in [-0.39, 0.29) is 0 Å². The zero-order chi connectivity index (χ0) is 6.81. The molecule has 0 radical (unpaired) electrons. The maximum Gasteiger partial charge on any atom is 0.181 e. The first kappa shape index (κ1) is 5.22. The Kier molecular flexibility index (Phi) is 1.04. The summed E-state index contributed by atoms with van der Waals surface area (Å²) in [4.78, 5) is 7.86. The standard InChI is InChI=1S/C6H4N4/c1-2-5-6(7-3-1)8-4-9-10-5/h1-4H. The van der Waals surface area contributed by atoms with Crippen LogP contribution in [0.25, 0.3) is 11.2 Å². The van der Waals surface area contributed by atoms with Gasteiger partial charge in [0.05, 0.1) is 0 Å². The smallest absolute Gasteiger partial charge is 0.181 e. The van der Waals surface area contributed by atoms with Gasteiger partial charge in [-0.15, -0.1) is 10.2 Å². The molecule has 48 valence electrons. The Hall–Kier alpha value is -1.58. The van der Waals surface area contributed by atoms with Gasteiger partial charge in [-0.05, 0) is 12.1 Å². The molecule has 0 fully saturated rings. The van der Waals surface area contributed by atoms with Gasteiger partial charge >= 0.3 is 0 Å². The zero-order valence-corrected chi connectivity index (χ0v) is 5.10. The van der Waals surface area contributed by atoms with Gasteiger partial charge in [-0.2, -0.15) is 0 Å². The van der Waals surface area contributed by atoms with Gasteiger partial charge in [0.15, 0.2) is 5.65 Å². The summed E-state index contributed by atoms with van der Waals surface area (Å²) in [6, 6.07) is 3.63. The van der Waals surface area contributed by atoms with Crippen LogP contribution in [-0.2, 0) is 0 Å². The van der Waals surface area contributed by atoms with E-state index in [9.17, 15) is 0 Å². The number of rotatable bonds is 0. The fourth-order valence-corrected chi connectivity index (χ4v) is 0.735. The highest BCUT2D eigenvalue weighted by molar-refractivity contribution is 5.67. The van der Waals surface area contributed by atoms with Crippen LogP contribution >= 0.6 is 0 Å². The Morgan fingerprint density at radius 1 is 1.20 bits per heavy atom. The molecule has 4 nitrogen and oxygen atoms in total. The summed E-state index contributed by atoms with van der Waals surface area (Å²) in [5.74, 6) is 0. The van der Waals surface area contributed by atoms with Crippen LogP contribution in [0.4, 0.5) is 0 Å². The molecular formula is C6H4N4. The monoisotopic (exact) mass is 132 g/mol. The van der Waals surface area contributed by atoms with Crippen molar-refractivity contribution in [3.63, 3.8) is 0 Å². The summed E-state index contributed by atoms with van der Waals surface area (Å²) in [5.41, 5.74) is 1.36. The summed E-state index contributed by atoms with van der Waals surface area (Å²) in [6.45, 7) is 0. The van der Waals surface area contributed by atoms with Crippen LogP contribution in [0.3, 0.4) is 0 Å². The third kappa shape index (κ3) is 0.699. The third-order valence-corrected chi connectivity index (χ3v) is 1.16. The first-order chi connectivity index (χ1) is 4.97. The van der Waals surface area contributed by atoms with E-state index in [1.54, 1.807) is 12.3 Å². The summed E-state index contributed by atoms with van der Waals surface area (Å²) in [6.07, 6.45) is 3.06. The van der Waals surface area contributed by atoms with Crippen molar-refractivity contribution in [2.24, 2.45) is 0 Å². The SMILES string of the molecule is c1cnc2ncnnc2c1. The fourth-order valence-electron chi connectivity index (χ4n) is 0.735. The topological polar surface area (TPSA) is 51.6 Å². The predicted molar refractivity (Wildman–Crippen MR) is 35.1 cm³/mol. The highest BCUT2D eigenvalue weighted by Gasteiger charge is 1.91. The van der Waals surface area contributed by atoms with Gasteiger partial charge in [0.1, 0.15) is 11.8 Å². The highest BCUT2D eigenvalue weighted by Crippen LogP contribution is 1.99. The van der Waals surface area contributed by atoms with Crippen molar-refractivity contribution in [2.45, 2.75) is 0 Å². The molecule has 2 aromatic rings. The van der Waals surface area contributed by atoms with Crippen molar-refractivity contribution in [1.82, 2.24) is 20.2 Å². The molecule has 0 aliphatic heterocycles. The Balaban J connectivity index is 2.89. The van der Waals surface area contributed by atoms with E-state index in [2.05, 4.69) is 20.2 Å². The molecule has 0 aromatic carbocycles. The number of fused-ring (bicyclic) bond motifs is 1. The van der Waals surface area contributed by atoms with Gasteiger partial charge in [0, 0.05) is 6.20 Å². The van der Waals surface area contributed by atoms with Crippen molar-refractivity contribution in [2.75, 3.05) is 0 Å². The maximum absolute atomic E-state index is 3.97. The number of nitrogens with zero attached hydrogens (tertiary/aromatic N) is 4. The fraction of sp³-hybridized carbons (Fsp3) is 0. The van der Waals surface area contributed by atoms with E-state index in [1.807, 2.05) is 6.07 Å². The van der Waals surface area contributed by atoms with Crippen molar-refractivity contribution in [3.8, 4) is 0 Å². The Morgan fingerprint density at radius 3 is 3.10 bits per heavy atom. The Morgan fingerprint density at radius 2 is 2.20 bits per heavy atom. The molecule has 4 heteroatoms. The van der Waals surface area contributed by atoms with Crippen LogP contribution in [0, 0.1) is 0 Å². The van der Waals surface area contributed by atoms with Crippen LogP contribution in [0.15, 0.2) is 24.7 Å². The van der Waals surface area contributed by atoms with Crippen LogP contribution in [0.1, 0.15) is 0 Å². The van der Waals surface area contributed by atoms with E-state index in [4.69, 9.17) is 0 Å². The molecule has 2 aromatic heterocycles. The maximum atomic E-state index is 3.97. The second-order valence-electron chi connectivity index (χ2n) is 1.81. The number of aromatic nitrogens is 4. The van der Waals surface area contributed by atoms with Gasteiger partial charge in [-0.1, -0.05) is 0 Å². The summed E-state index contributed by atoms with van der Waals surface area (Å²) in [5, 5.41) is 7.42. The molecule has 0 aliphatic carbocycles. The lowest BCUT2D eigenvalue weighted by Gasteiger charge is -1.88. The molecule has 0 saturated heterocycles. The molecule has 0 N–H and O–H groups in total. The molecule has 2 heterocycles. The number of hydrogen-bond acceptors (Lipinski definition) is 4. The largest absolute Gasteiger partial charge is 0.235 e. The predicted octanol–water partition coefficient (Wildman–Crippen LogP) is 0.420. The Bertz CT molecular complexity index is 281. The van der Waals surface area contributed by atoms with Crippen molar-refractivity contribution < 1.29 is 0 Å². The van der Waals surface area contributed by atoms with E-state index < -0.39 is 0 Å². The van der Waals surface area contributed by atoms with Crippen molar-refractivity contribution in [1.29, 1.82) is 0 Å². The van der Waals surface area contributed by atoms with Crippen LogP contribution in [0.2, 0.25) is 0 Å². The lowest BCUT2D eigenvalue weighted by molar-refractivity contribution is 1.01. The molecule has 0 atom stereocenters. The molecule has 0 bridgehead atoms. The van der Waals surface area contributed by atoms with E-state index in [1.165, 1.54) is 6.33 Å². The molecule has 0 saturated carbocycles. The first-order valence-electron chi connectivity index (χ1n) is 2.85. The van der Waals surface area contributed by atoms with Crippen molar-refractivity contribution >= 4 is 11.2 Å². The summed E-state index contributed by atoms with van der Waals surface area (Å²) >= 11 is 0. The Labute approximate surface area is 57.0 Å². The minimum Gasteiger partial charge on any atom is -0.235 e.